The second-order valence-corrected chi connectivity index (χ2v) is 8.18. The lowest BCUT2D eigenvalue weighted by atomic mass is 10.1. The smallest absolute Gasteiger partial charge is 0.275 e. The van der Waals surface area contributed by atoms with E-state index in [1.54, 1.807) is 10.6 Å². The van der Waals surface area contributed by atoms with Crippen LogP contribution < -0.4 is 15.3 Å². The molecule has 3 aliphatic rings. The van der Waals surface area contributed by atoms with Gasteiger partial charge in [0.05, 0.1) is 16.0 Å². The monoisotopic (exact) mass is 442 g/mol. The topological polar surface area (TPSA) is 83.9 Å². The van der Waals surface area contributed by atoms with Gasteiger partial charge in [-0.05, 0) is 25.3 Å². The number of hydrogen-bond acceptors (Lipinski definition) is 5. The summed E-state index contributed by atoms with van der Waals surface area (Å²) < 4.78 is 6.95. The van der Waals surface area contributed by atoms with Crippen molar-refractivity contribution in [2.75, 3.05) is 19.6 Å². The molecule has 0 bridgehead atoms. The first-order valence-corrected chi connectivity index (χ1v) is 10.9. The number of fused-ring (bicyclic) bond motifs is 4. The van der Waals surface area contributed by atoms with Crippen molar-refractivity contribution < 1.29 is 14.1 Å². The van der Waals surface area contributed by atoms with Crippen LogP contribution in [0.1, 0.15) is 40.6 Å². The Kier molecular flexibility index (Phi) is 6.12. The van der Waals surface area contributed by atoms with E-state index in [4.69, 9.17) is 4.52 Å². The molecule has 2 unspecified atom stereocenters. The highest BCUT2D eigenvalue weighted by Crippen LogP contribution is 2.35. The van der Waals surface area contributed by atoms with E-state index >= 15 is 0 Å². The van der Waals surface area contributed by atoms with E-state index in [2.05, 4.69) is 16.8 Å². The SMILES string of the molecule is C=C/C(=C\C=C/C)CNC(=O)c1cn2c(c(OP)c1=O)C(=O)N1CC3CCCN3[C@H]1C2. The lowest BCUT2D eigenvalue weighted by molar-refractivity contribution is 0.0516. The Balaban J connectivity index is 1.65. The predicted octanol–water partition coefficient (Wildman–Crippen LogP) is 1.70. The van der Waals surface area contributed by atoms with Crippen molar-refractivity contribution in [2.45, 2.75) is 38.5 Å². The molecule has 1 aromatic rings. The summed E-state index contributed by atoms with van der Waals surface area (Å²) in [5.41, 5.74) is 0.369. The van der Waals surface area contributed by atoms with Crippen molar-refractivity contribution in [3.8, 4) is 5.75 Å². The van der Waals surface area contributed by atoms with Crippen LogP contribution in [0.25, 0.3) is 0 Å². The molecule has 3 atom stereocenters. The minimum Gasteiger partial charge on any atom is -0.474 e. The lowest BCUT2D eigenvalue weighted by Crippen LogP contribution is -2.50. The Bertz CT molecular complexity index is 1040. The Morgan fingerprint density at radius 2 is 2.19 bits per heavy atom. The Hall–Kier alpha value is -2.70. The molecule has 1 N–H and O–H groups in total. The first-order chi connectivity index (χ1) is 15.0. The number of nitrogens with zero attached hydrogens (tertiary/aromatic N) is 3. The number of carbonyl (C=O) groups is 2. The number of carbonyl (C=O) groups excluding carboxylic acids is 2. The van der Waals surface area contributed by atoms with Gasteiger partial charge in [-0.2, -0.15) is 0 Å². The molecule has 9 heteroatoms. The minimum absolute atomic E-state index is 0.0483. The van der Waals surface area contributed by atoms with Crippen LogP contribution in [0.5, 0.6) is 5.75 Å². The van der Waals surface area contributed by atoms with E-state index in [9.17, 15) is 14.4 Å². The van der Waals surface area contributed by atoms with Crippen LogP contribution in [-0.4, -0.2) is 58.0 Å². The largest absolute Gasteiger partial charge is 0.474 e. The fourth-order valence-electron chi connectivity index (χ4n) is 4.68. The van der Waals surface area contributed by atoms with Gasteiger partial charge < -0.3 is 19.3 Å². The van der Waals surface area contributed by atoms with E-state index in [1.807, 2.05) is 39.5 Å². The Labute approximate surface area is 183 Å². The summed E-state index contributed by atoms with van der Waals surface area (Å²) in [5, 5.41) is 2.76. The summed E-state index contributed by atoms with van der Waals surface area (Å²) in [5.74, 6) is -0.853. The highest BCUT2D eigenvalue weighted by molar-refractivity contribution is 7.10. The number of rotatable bonds is 6. The number of aromatic nitrogens is 1. The van der Waals surface area contributed by atoms with Gasteiger partial charge in [-0.25, -0.2) is 0 Å². The summed E-state index contributed by atoms with van der Waals surface area (Å²) in [4.78, 5) is 43.2. The van der Waals surface area contributed by atoms with Gasteiger partial charge in [0.1, 0.15) is 11.7 Å². The first kappa shape index (κ1) is 21.5. The van der Waals surface area contributed by atoms with Crippen LogP contribution in [0, 0.1) is 0 Å². The maximum atomic E-state index is 13.2. The Morgan fingerprint density at radius 3 is 2.90 bits per heavy atom. The second-order valence-electron chi connectivity index (χ2n) is 7.95. The molecular weight excluding hydrogens is 415 g/mol. The van der Waals surface area contributed by atoms with E-state index in [-0.39, 0.29) is 35.6 Å². The predicted molar refractivity (Wildman–Crippen MR) is 121 cm³/mol. The van der Waals surface area contributed by atoms with Crippen LogP contribution in [0.2, 0.25) is 0 Å². The van der Waals surface area contributed by atoms with Crippen molar-refractivity contribution >= 4 is 21.3 Å². The molecule has 0 aliphatic carbocycles. The van der Waals surface area contributed by atoms with Gasteiger partial charge in [0, 0.05) is 31.9 Å². The molecule has 2 amide bonds. The molecule has 31 heavy (non-hydrogen) atoms. The second kappa shape index (κ2) is 8.81. The standard InChI is InChI=1S/C22H27N4O4P/c1-3-5-7-14(4-2)10-23-21(28)16-12-24-13-17-25-9-6-8-15(25)11-26(17)22(29)18(24)20(30-31)19(16)27/h3-5,7,12,15,17H,2,6,8-11,13,31H2,1H3,(H,23,28)/b5-3-,14-7+/t15?,17-/m1/s1. The lowest BCUT2D eigenvalue weighted by Gasteiger charge is -2.36. The molecule has 4 rings (SSSR count). The third kappa shape index (κ3) is 3.75. The van der Waals surface area contributed by atoms with Gasteiger partial charge in [-0.3, -0.25) is 19.3 Å². The third-order valence-electron chi connectivity index (χ3n) is 6.21. The summed E-state index contributed by atoms with van der Waals surface area (Å²) in [6, 6.07) is 0.361. The summed E-state index contributed by atoms with van der Waals surface area (Å²) >= 11 is 0. The van der Waals surface area contributed by atoms with Crippen molar-refractivity contribution in [1.82, 2.24) is 19.7 Å². The fraction of sp³-hybridized carbons (Fsp3) is 0.409. The molecule has 2 saturated heterocycles. The zero-order valence-electron chi connectivity index (χ0n) is 17.5. The molecule has 0 spiro atoms. The molecule has 0 radical (unpaired) electrons. The molecule has 2 fully saturated rings. The molecule has 1 aromatic heterocycles. The van der Waals surface area contributed by atoms with Crippen LogP contribution in [0.15, 0.2) is 47.4 Å². The van der Waals surface area contributed by atoms with Gasteiger partial charge in [0.2, 0.25) is 5.43 Å². The number of allylic oxidation sites excluding steroid dienone is 3. The first-order valence-electron chi connectivity index (χ1n) is 10.4. The number of amides is 2. The molecule has 0 aromatic carbocycles. The molecular formula is C22H27N4O4P. The molecule has 8 nitrogen and oxygen atoms in total. The minimum atomic E-state index is -0.595. The van der Waals surface area contributed by atoms with Crippen molar-refractivity contribution in [3.63, 3.8) is 0 Å². The number of hydrogen-bond donors (Lipinski definition) is 1. The van der Waals surface area contributed by atoms with Crippen molar-refractivity contribution in [3.05, 3.63) is 64.1 Å². The highest BCUT2D eigenvalue weighted by atomic mass is 31.0. The van der Waals surface area contributed by atoms with Gasteiger partial charge in [-0.1, -0.05) is 30.9 Å². The van der Waals surface area contributed by atoms with E-state index in [0.717, 1.165) is 25.0 Å². The molecule has 4 heterocycles. The average Bonchev–Trinajstić information content (AvgIpc) is 3.36. The highest BCUT2D eigenvalue weighted by Gasteiger charge is 2.48. The zero-order chi connectivity index (χ0) is 22.1. The number of pyridine rings is 1. The normalized spacial score (nSPS) is 23.0. The third-order valence-corrected chi connectivity index (χ3v) is 6.45. The van der Waals surface area contributed by atoms with Crippen LogP contribution in [0.3, 0.4) is 0 Å². The summed E-state index contributed by atoms with van der Waals surface area (Å²) in [6.45, 7) is 7.99. The quantitative estimate of drug-likeness (QED) is 0.536. The molecule has 164 valence electrons. The maximum Gasteiger partial charge on any atom is 0.275 e. The van der Waals surface area contributed by atoms with Crippen LogP contribution >= 0.6 is 9.47 Å². The van der Waals surface area contributed by atoms with Crippen molar-refractivity contribution in [2.24, 2.45) is 0 Å². The van der Waals surface area contributed by atoms with E-state index in [1.165, 1.54) is 6.20 Å². The summed E-state index contributed by atoms with van der Waals surface area (Å²) in [7, 11) is 2.03. The average molecular weight is 442 g/mol. The van der Waals surface area contributed by atoms with Gasteiger partial charge in [0.15, 0.2) is 11.4 Å². The number of nitrogens with one attached hydrogen (secondary N) is 1. The molecule has 3 aliphatic heterocycles. The van der Waals surface area contributed by atoms with E-state index in [0.29, 0.717) is 19.1 Å². The van der Waals surface area contributed by atoms with Crippen molar-refractivity contribution in [1.29, 1.82) is 0 Å². The van der Waals surface area contributed by atoms with Crippen LogP contribution in [0.4, 0.5) is 0 Å². The zero-order valence-corrected chi connectivity index (χ0v) is 18.7. The van der Waals surface area contributed by atoms with Gasteiger partial charge in [-0.15, -0.1) is 0 Å². The Morgan fingerprint density at radius 1 is 1.39 bits per heavy atom. The summed E-state index contributed by atoms with van der Waals surface area (Å²) in [6.07, 6.45) is 10.8. The molecule has 0 saturated carbocycles. The van der Waals surface area contributed by atoms with Crippen LogP contribution in [-0.2, 0) is 6.54 Å². The fourth-order valence-corrected chi connectivity index (χ4v) is 4.90. The van der Waals surface area contributed by atoms with Gasteiger partial charge >= 0.3 is 0 Å². The van der Waals surface area contributed by atoms with E-state index < -0.39 is 11.3 Å². The van der Waals surface area contributed by atoms with Gasteiger partial charge in [0.25, 0.3) is 11.8 Å². The maximum absolute atomic E-state index is 13.2.